The Morgan fingerprint density at radius 1 is 1.27 bits per heavy atom. The van der Waals surface area contributed by atoms with Gasteiger partial charge in [-0.1, -0.05) is 30.7 Å². The van der Waals surface area contributed by atoms with E-state index in [2.05, 4.69) is 44.7 Å². The van der Waals surface area contributed by atoms with Crippen LogP contribution in [0.5, 0.6) is 0 Å². The van der Waals surface area contributed by atoms with Gasteiger partial charge in [0.05, 0.1) is 36.2 Å². The molecule has 2 heterocycles. The normalized spacial score (nSPS) is 23.4. The topological polar surface area (TPSA) is 87.0 Å². The molecule has 26 heavy (non-hydrogen) atoms. The number of nitrogens with two attached hydrogens (primary N) is 1. The van der Waals surface area contributed by atoms with Crippen molar-refractivity contribution in [2.45, 2.75) is 50.6 Å². The van der Waals surface area contributed by atoms with Gasteiger partial charge in [-0.2, -0.15) is 5.10 Å². The Morgan fingerprint density at radius 2 is 2.15 bits per heavy atom. The van der Waals surface area contributed by atoms with Crippen LogP contribution in [0, 0.1) is 0 Å². The molecule has 138 valence electrons. The van der Waals surface area contributed by atoms with E-state index in [1.165, 1.54) is 11.1 Å². The molecule has 1 fully saturated rings. The van der Waals surface area contributed by atoms with Gasteiger partial charge in [0.15, 0.2) is 0 Å². The van der Waals surface area contributed by atoms with Crippen molar-refractivity contribution in [3.8, 4) is 0 Å². The lowest BCUT2D eigenvalue weighted by atomic mass is 9.88. The molecule has 1 saturated heterocycles. The van der Waals surface area contributed by atoms with Gasteiger partial charge in [0, 0.05) is 0 Å². The number of piperidine rings is 1. The van der Waals surface area contributed by atoms with Crippen LogP contribution in [0.1, 0.15) is 61.0 Å². The van der Waals surface area contributed by atoms with Crippen LogP contribution in [0.25, 0.3) is 0 Å². The van der Waals surface area contributed by atoms with E-state index in [-0.39, 0.29) is 18.0 Å². The van der Waals surface area contributed by atoms with Crippen LogP contribution in [0.3, 0.4) is 0 Å². The molecule has 2 aromatic rings. The van der Waals surface area contributed by atoms with Gasteiger partial charge in [0.25, 0.3) is 0 Å². The molecule has 1 aliphatic heterocycles. The van der Waals surface area contributed by atoms with Crippen molar-refractivity contribution in [3.63, 3.8) is 0 Å². The second kappa shape index (κ2) is 7.50. The number of carbonyl (C=O) groups excluding carboxylic acids is 1. The SMILES string of the molecule is Nc1cn[nH]c1C1CCCCN1CC(=O)NC1CCCc2ccccc21. The Balaban J connectivity index is 1.43. The minimum atomic E-state index is 0.0942. The van der Waals surface area contributed by atoms with Gasteiger partial charge in [0.1, 0.15) is 0 Å². The van der Waals surface area contributed by atoms with Gasteiger partial charge in [0.2, 0.25) is 5.91 Å². The number of nitrogen functional groups attached to an aromatic ring is 1. The van der Waals surface area contributed by atoms with Crippen LogP contribution in [0.2, 0.25) is 0 Å². The van der Waals surface area contributed by atoms with Crippen LogP contribution in [0.15, 0.2) is 30.5 Å². The van der Waals surface area contributed by atoms with E-state index in [1.807, 2.05) is 0 Å². The summed E-state index contributed by atoms with van der Waals surface area (Å²) in [6.07, 6.45) is 8.17. The maximum Gasteiger partial charge on any atom is 0.234 e. The number of nitrogens with one attached hydrogen (secondary N) is 2. The van der Waals surface area contributed by atoms with E-state index >= 15 is 0 Å². The molecule has 6 heteroatoms. The number of hydrogen-bond acceptors (Lipinski definition) is 4. The zero-order chi connectivity index (χ0) is 17.9. The third kappa shape index (κ3) is 3.46. The molecule has 0 saturated carbocycles. The predicted molar refractivity (Wildman–Crippen MR) is 101 cm³/mol. The Kier molecular flexibility index (Phi) is 4.93. The van der Waals surface area contributed by atoms with E-state index in [9.17, 15) is 4.79 Å². The first-order chi connectivity index (χ1) is 12.7. The van der Waals surface area contributed by atoms with Gasteiger partial charge in [-0.3, -0.25) is 14.8 Å². The number of anilines is 1. The van der Waals surface area contributed by atoms with Crippen LogP contribution in [0.4, 0.5) is 5.69 Å². The molecule has 0 radical (unpaired) electrons. The summed E-state index contributed by atoms with van der Waals surface area (Å²) in [5.74, 6) is 0.0942. The molecule has 4 N–H and O–H groups in total. The van der Waals surface area contributed by atoms with Gasteiger partial charge in [-0.05, 0) is 49.8 Å². The van der Waals surface area contributed by atoms with Gasteiger partial charge in [-0.15, -0.1) is 0 Å². The number of aromatic nitrogens is 2. The first kappa shape index (κ1) is 17.1. The van der Waals surface area contributed by atoms with Gasteiger partial charge < -0.3 is 11.1 Å². The molecule has 6 nitrogen and oxygen atoms in total. The zero-order valence-corrected chi connectivity index (χ0v) is 15.1. The van der Waals surface area contributed by atoms with Crippen molar-refractivity contribution < 1.29 is 4.79 Å². The van der Waals surface area contributed by atoms with Crippen molar-refractivity contribution in [1.82, 2.24) is 20.4 Å². The van der Waals surface area contributed by atoms with Crippen molar-refractivity contribution in [2.24, 2.45) is 0 Å². The fourth-order valence-electron chi connectivity index (χ4n) is 4.41. The highest BCUT2D eigenvalue weighted by molar-refractivity contribution is 5.78. The zero-order valence-electron chi connectivity index (χ0n) is 15.1. The number of benzene rings is 1. The number of likely N-dealkylation sites (tertiary alicyclic amines) is 1. The Labute approximate surface area is 154 Å². The number of amides is 1. The maximum absolute atomic E-state index is 12.8. The lowest BCUT2D eigenvalue weighted by Gasteiger charge is -2.35. The second-order valence-electron chi connectivity index (χ2n) is 7.43. The molecule has 0 bridgehead atoms. The molecule has 1 aliphatic carbocycles. The van der Waals surface area contributed by atoms with Gasteiger partial charge >= 0.3 is 0 Å². The van der Waals surface area contributed by atoms with Crippen LogP contribution in [-0.4, -0.2) is 34.1 Å². The number of aromatic amines is 1. The number of rotatable bonds is 4. The highest BCUT2D eigenvalue weighted by atomic mass is 16.2. The predicted octanol–water partition coefficient (Wildman–Crippen LogP) is 2.71. The lowest BCUT2D eigenvalue weighted by Crippen LogP contribution is -2.43. The molecule has 1 aromatic heterocycles. The summed E-state index contributed by atoms with van der Waals surface area (Å²) in [5.41, 5.74) is 10.3. The Hall–Kier alpha value is -2.34. The Bertz CT molecular complexity index is 771. The molecule has 2 unspecified atom stereocenters. The molecular weight excluding hydrogens is 326 g/mol. The van der Waals surface area contributed by atoms with Crippen LogP contribution in [-0.2, 0) is 11.2 Å². The highest BCUT2D eigenvalue weighted by Crippen LogP contribution is 2.33. The number of hydrogen-bond donors (Lipinski definition) is 3. The standard InChI is InChI=1S/C20H27N5O/c21-16-12-22-24-20(16)18-10-3-4-11-25(18)13-19(26)23-17-9-5-7-14-6-1-2-8-15(14)17/h1-2,6,8,12,17-18H,3-5,7,9-11,13,21H2,(H,22,24)(H,23,26). The van der Waals surface area contributed by atoms with E-state index in [4.69, 9.17) is 5.73 Å². The molecule has 2 atom stereocenters. The molecule has 2 aliphatic rings. The van der Waals surface area contributed by atoms with Crippen molar-refractivity contribution in [1.29, 1.82) is 0 Å². The summed E-state index contributed by atoms with van der Waals surface area (Å²) >= 11 is 0. The van der Waals surface area contributed by atoms with E-state index in [0.29, 0.717) is 12.2 Å². The summed E-state index contributed by atoms with van der Waals surface area (Å²) in [7, 11) is 0. The molecule has 0 spiro atoms. The summed E-state index contributed by atoms with van der Waals surface area (Å²) in [5, 5.41) is 10.3. The Morgan fingerprint density at radius 3 is 3.00 bits per heavy atom. The average Bonchev–Trinajstić information content (AvgIpc) is 3.08. The monoisotopic (exact) mass is 353 g/mol. The summed E-state index contributed by atoms with van der Waals surface area (Å²) in [4.78, 5) is 15.0. The maximum atomic E-state index is 12.8. The minimum absolute atomic E-state index is 0.0942. The van der Waals surface area contributed by atoms with Crippen molar-refractivity contribution >= 4 is 11.6 Å². The van der Waals surface area contributed by atoms with Gasteiger partial charge in [-0.25, -0.2) is 0 Å². The average molecular weight is 353 g/mol. The fraction of sp³-hybridized carbons (Fsp3) is 0.500. The molecule has 1 aromatic carbocycles. The third-order valence-corrected chi connectivity index (χ3v) is 5.70. The summed E-state index contributed by atoms with van der Waals surface area (Å²) < 4.78 is 0. The molecule has 4 rings (SSSR count). The number of nitrogens with zero attached hydrogens (tertiary/aromatic N) is 2. The third-order valence-electron chi connectivity index (χ3n) is 5.70. The first-order valence-corrected chi connectivity index (χ1v) is 9.62. The van der Waals surface area contributed by atoms with Crippen molar-refractivity contribution in [3.05, 3.63) is 47.3 Å². The minimum Gasteiger partial charge on any atom is -0.396 e. The van der Waals surface area contributed by atoms with E-state index in [0.717, 1.165) is 50.8 Å². The van der Waals surface area contributed by atoms with Crippen molar-refractivity contribution in [2.75, 3.05) is 18.8 Å². The van der Waals surface area contributed by atoms with E-state index < -0.39 is 0 Å². The number of fused-ring (bicyclic) bond motifs is 1. The summed E-state index contributed by atoms with van der Waals surface area (Å²) in [6, 6.07) is 8.74. The lowest BCUT2D eigenvalue weighted by molar-refractivity contribution is -0.124. The summed E-state index contributed by atoms with van der Waals surface area (Å²) in [6.45, 7) is 1.32. The number of H-pyrrole nitrogens is 1. The molecule has 1 amide bonds. The second-order valence-corrected chi connectivity index (χ2v) is 7.43. The van der Waals surface area contributed by atoms with Crippen LogP contribution >= 0.6 is 0 Å². The molecular formula is C20H27N5O. The number of carbonyl (C=O) groups is 1. The first-order valence-electron chi connectivity index (χ1n) is 9.62. The fourth-order valence-corrected chi connectivity index (χ4v) is 4.41. The van der Waals surface area contributed by atoms with Crippen LogP contribution < -0.4 is 11.1 Å². The quantitative estimate of drug-likeness (QED) is 0.789. The van der Waals surface area contributed by atoms with E-state index in [1.54, 1.807) is 6.20 Å². The number of aryl methyl sites for hydroxylation is 1. The smallest absolute Gasteiger partial charge is 0.234 e. The highest BCUT2D eigenvalue weighted by Gasteiger charge is 2.29. The largest absolute Gasteiger partial charge is 0.396 e.